The minimum atomic E-state index is 0.482. The molecule has 2 N–H and O–H groups in total. The summed E-state index contributed by atoms with van der Waals surface area (Å²) < 4.78 is 5.80. The molecular formula is C19H18N2O. The Balaban J connectivity index is 1.73. The number of hydrogen-bond donors (Lipinski definition) is 1. The summed E-state index contributed by atoms with van der Waals surface area (Å²) in [5.74, 6) is 0.857. The second kappa shape index (κ2) is 6.87. The van der Waals surface area contributed by atoms with Crippen molar-refractivity contribution < 1.29 is 4.74 Å². The quantitative estimate of drug-likeness (QED) is 0.777. The van der Waals surface area contributed by atoms with E-state index in [0.29, 0.717) is 13.2 Å². The summed E-state index contributed by atoms with van der Waals surface area (Å²) in [5.41, 5.74) is 10.2. The molecule has 2 aromatic carbocycles. The van der Waals surface area contributed by atoms with Gasteiger partial charge in [-0.05, 0) is 40.5 Å². The lowest BCUT2D eigenvalue weighted by atomic mass is 10.0. The van der Waals surface area contributed by atoms with Crippen LogP contribution < -0.4 is 10.5 Å². The zero-order valence-corrected chi connectivity index (χ0v) is 12.3. The molecule has 0 bridgehead atoms. The largest absolute Gasteiger partial charge is 0.489 e. The number of pyridine rings is 1. The first-order valence-corrected chi connectivity index (χ1v) is 7.27. The summed E-state index contributed by atoms with van der Waals surface area (Å²) in [7, 11) is 0. The van der Waals surface area contributed by atoms with Gasteiger partial charge in [0.25, 0.3) is 0 Å². The maximum absolute atomic E-state index is 5.80. The molecule has 0 saturated heterocycles. The highest BCUT2D eigenvalue weighted by Crippen LogP contribution is 2.25. The fourth-order valence-corrected chi connectivity index (χ4v) is 2.34. The van der Waals surface area contributed by atoms with Crippen LogP contribution in [-0.4, -0.2) is 4.98 Å². The number of aromatic nitrogens is 1. The van der Waals surface area contributed by atoms with Gasteiger partial charge in [-0.3, -0.25) is 4.98 Å². The van der Waals surface area contributed by atoms with Gasteiger partial charge in [-0.25, -0.2) is 0 Å². The maximum atomic E-state index is 5.80. The van der Waals surface area contributed by atoms with Crippen LogP contribution in [-0.2, 0) is 13.2 Å². The second-order valence-corrected chi connectivity index (χ2v) is 5.04. The molecule has 3 heteroatoms. The van der Waals surface area contributed by atoms with E-state index in [1.54, 1.807) is 6.20 Å². The molecule has 1 aromatic heterocycles. The Kier molecular flexibility index (Phi) is 4.47. The van der Waals surface area contributed by atoms with E-state index in [9.17, 15) is 0 Å². The van der Waals surface area contributed by atoms with E-state index < -0.39 is 0 Å². The van der Waals surface area contributed by atoms with Crippen molar-refractivity contribution in [2.75, 3.05) is 0 Å². The van der Waals surface area contributed by atoms with Crippen molar-refractivity contribution in [3.63, 3.8) is 0 Å². The number of nitrogens with zero attached hydrogens (tertiary/aromatic N) is 1. The summed E-state index contributed by atoms with van der Waals surface area (Å²) in [6.07, 6.45) is 3.60. The average molecular weight is 290 g/mol. The minimum Gasteiger partial charge on any atom is -0.489 e. The van der Waals surface area contributed by atoms with Gasteiger partial charge in [0.2, 0.25) is 0 Å². The van der Waals surface area contributed by atoms with Crippen molar-refractivity contribution >= 4 is 0 Å². The van der Waals surface area contributed by atoms with Gasteiger partial charge in [0.15, 0.2) is 0 Å². The summed E-state index contributed by atoms with van der Waals surface area (Å²) in [6, 6.07) is 20.2. The molecule has 0 spiro atoms. The van der Waals surface area contributed by atoms with Gasteiger partial charge in [0, 0.05) is 18.9 Å². The number of benzene rings is 2. The van der Waals surface area contributed by atoms with Gasteiger partial charge in [-0.1, -0.05) is 42.5 Å². The lowest BCUT2D eigenvalue weighted by Crippen LogP contribution is -1.99. The van der Waals surface area contributed by atoms with Crippen LogP contribution in [0, 0.1) is 0 Å². The lowest BCUT2D eigenvalue weighted by molar-refractivity contribution is 0.306. The first-order chi connectivity index (χ1) is 10.9. The number of rotatable bonds is 5. The smallest absolute Gasteiger partial charge is 0.119 e. The molecule has 3 rings (SSSR count). The molecular weight excluding hydrogens is 272 g/mol. The van der Waals surface area contributed by atoms with Crippen molar-refractivity contribution in [1.29, 1.82) is 0 Å². The van der Waals surface area contributed by atoms with Crippen molar-refractivity contribution in [2.24, 2.45) is 5.73 Å². The first kappa shape index (κ1) is 14.3. The molecule has 0 aliphatic rings. The highest BCUT2D eigenvalue weighted by molar-refractivity contribution is 5.67. The molecule has 0 unspecified atom stereocenters. The molecule has 0 amide bonds. The number of hydrogen-bond acceptors (Lipinski definition) is 3. The molecule has 0 radical (unpaired) electrons. The molecule has 1 heterocycles. The zero-order chi connectivity index (χ0) is 15.2. The van der Waals surface area contributed by atoms with Gasteiger partial charge in [-0.15, -0.1) is 0 Å². The summed E-state index contributed by atoms with van der Waals surface area (Å²) in [6.45, 7) is 1.05. The molecule has 110 valence electrons. The number of nitrogens with two attached hydrogens (primary N) is 1. The van der Waals surface area contributed by atoms with Crippen LogP contribution in [0.15, 0.2) is 73.1 Å². The molecule has 3 nitrogen and oxygen atoms in total. The Hall–Kier alpha value is -2.65. The summed E-state index contributed by atoms with van der Waals surface area (Å²) >= 11 is 0. The van der Waals surface area contributed by atoms with Crippen LogP contribution in [0.4, 0.5) is 0 Å². The van der Waals surface area contributed by atoms with Crippen LogP contribution in [0.5, 0.6) is 5.75 Å². The third kappa shape index (κ3) is 3.32. The van der Waals surface area contributed by atoms with Crippen LogP contribution in [0.2, 0.25) is 0 Å². The normalized spacial score (nSPS) is 10.4. The summed E-state index contributed by atoms with van der Waals surface area (Å²) in [4.78, 5) is 4.12. The van der Waals surface area contributed by atoms with Crippen molar-refractivity contribution in [3.05, 3.63) is 84.2 Å². The minimum absolute atomic E-state index is 0.482. The molecule has 0 saturated carbocycles. The van der Waals surface area contributed by atoms with Crippen LogP contribution in [0.3, 0.4) is 0 Å². The third-order valence-corrected chi connectivity index (χ3v) is 3.54. The molecule has 0 atom stereocenters. The molecule has 3 aromatic rings. The van der Waals surface area contributed by atoms with Gasteiger partial charge in [0.05, 0.1) is 0 Å². The third-order valence-electron chi connectivity index (χ3n) is 3.54. The Labute approximate surface area is 130 Å². The van der Waals surface area contributed by atoms with Crippen LogP contribution >= 0.6 is 0 Å². The van der Waals surface area contributed by atoms with Crippen molar-refractivity contribution in [2.45, 2.75) is 13.2 Å². The SMILES string of the molecule is NCc1cnccc1-c1ccc(OCc2ccccc2)cc1. The predicted molar refractivity (Wildman–Crippen MR) is 88.3 cm³/mol. The van der Waals surface area contributed by atoms with Crippen LogP contribution in [0.1, 0.15) is 11.1 Å². The van der Waals surface area contributed by atoms with Gasteiger partial charge in [0.1, 0.15) is 12.4 Å². The van der Waals surface area contributed by atoms with E-state index in [1.165, 1.54) is 0 Å². The molecule has 0 aliphatic carbocycles. The first-order valence-electron chi connectivity index (χ1n) is 7.27. The van der Waals surface area contributed by atoms with Crippen molar-refractivity contribution in [1.82, 2.24) is 4.98 Å². The van der Waals surface area contributed by atoms with E-state index in [-0.39, 0.29) is 0 Å². The fraction of sp³-hybridized carbons (Fsp3) is 0.105. The molecule has 0 aliphatic heterocycles. The highest BCUT2D eigenvalue weighted by atomic mass is 16.5. The lowest BCUT2D eigenvalue weighted by Gasteiger charge is -2.09. The van der Waals surface area contributed by atoms with E-state index in [0.717, 1.165) is 28.0 Å². The number of ether oxygens (including phenoxy) is 1. The Bertz CT molecular complexity index is 724. The van der Waals surface area contributed by atoms with Gasteiger partial charge < -0.3 is 10.5 Å². The Morgan fingerprint density at radius 2 is 1.68 bits per heavy atom. The molecule has 22 heavy (non-hydrogen) atoms. The Morgan fingerprint density at radius 1 is 0.909 bits per heavy atom. The second-order valence-electron chi connectivity index (χ2n) is 5.04. The van der Waals surface area contributed by atoms with Gasteiger partial charge >= 0.3 is 0 Å². The van der Waals surface area contributed by atoms with E-state index in [4.69, 9.17) is 10.5 Å². The standard InChI is InChI=1S/C19H18N2O/c20-12-17-13-21-11-10-19(17)16-6-8-18(9-7-16)22-14-15-4-2-1-3-5-15/h1-11,13H,12,14,20H2. The van der Waals surface area contributed by atoms with E-state index >= 15 is 0 Å². The average Bonchev–Trinajstić information content (AvgIpc) is 2.61. The Morgan fingerprint density at radius 3 is 2.41 bits per heavy atom. The van der Waals surface area contributed by atoms with E-state index in [2.05, 4.69) is 29.2 Å². The zero-order valence-electron chi connectivity index (χ0n) is 12.3. The van der Waals surface area contributed by atoms with Crippen molar-refractivity contribution in [3.8, 4) is 16.9 Å². The fourth-order valence-electron chi connectivity index (χ4n) is 2.34. The monoisotopic (exact) mass is 290 g/mol. The highest BCUT2D eigenvalue weighted by Gasteiger charge is 2.04. The summed E-state index contributed by atoms with van der Waals surface area (Å²) in [5, 5.41) is 0. The molecule has 0 fully saturated rings. The predicted octanol–water partition coefficient (Wildman–Crippen LogP) is 3.79. The van der Waals surface area contributed by atoms with Crippen LogP contribution in [0.25, 0.3) is 11.1 Å². The van der Waals surface area contributed by atoms with Gasteiger partial charge in [-0.2, -0.15) is 0 Å². The van der Waals surface area contributed by atoms with E-state index in [1.807, 2.05) is 42.6 Å². The maximum Gasteiger partial charge on any atom is 0.119 e. The topological polar surface area (TPSA) is 48.1 Å².